The Hall–Kier alpha value is -1.72. The zero-order chi connectivity index (χ0) is 16.9. The molecule has 1 atom stereocenters. The van der Waals surface area contributed by atoms with Gasteiger partial charge in [-0.15, -0.1) is 0 Å². The van der Waals surface area contributed by atoms with Crippen molar-refractivity contribution < 1.29 is 0 Å². The van der Waals surface area contributed by atoms with Crippen molar-refractivity contribution in [3.63, 3.8) is 0 Å². The summed E-state index contributed by atoms with van der Waals surface area (Å²) in [6.45, 7) is 10.7. The minimum atomic E-state index is 0.270. The standard InChI is InChI=1S/C19H29N5/c1-4-23-12-8-11-17(23)13-20-14-18-19(16-9-6-5-7-10-16)22-24(21-18)15(2)3/h5-7,9-10,15,17,20H,4,8,11-14H2,1-3H3/t17-/m0/s1. The van der Waals surface area contributed by atoms with Gasteiger partial charge in [-0.25, -0.2) is 0 Å². The van der Waals surface area contributed by atoms with Gasteiger partial charge in [0.25, 0.3) is 0 Å². The molecule has 0 amide bonds. The van der Waals surface area contributed by atoms with Gasteiger partial charge in [0.15, 0.2) is 0 Å². The molecule has 1 fully saturated rings. The molecular weight excluding hydrogens is 298 g/mol. The lowest BCUT2D eigenvalue weighted by Gasteiger charge is -2.22. The van der Waals surface area contributed by atoms with Gasteiger partial charge in [0.1, 0.15) is 11.4 Å². The molecule has 1 aliphatic rings. The van der Waals surface area contributed by atoms with Crippen LogP contribution in [-0.2, 0) is 6.54 Å². The average Bonchev–Trinajstić information content (AvgIpc) is 3.22. The molecule has 1 saturated heterocycles. The van der Waals surface area contributed by atoms with Gasteiger partial charge in [0.2, 0.25) is 0 Å². The Balaban J connectivity index is 1.70. The predicted molar refractivity (Wildman–Crippen MR) is 97.8 cm³/mol. The number of nitrogens with one attached hydrogen (secondary N) is 1. The van der Waals surface area contributed by atoms with Gasteiger partial charge in [0.05, 0.1) is 6.04 Å². The van der Waals surface area contributed by atoms with E-state index in [1.807, 2.05) is 10.9 Å². The highest BCUT2D eigenvalue weighted by molar-refractivity contribution is 5.60. The SMILES string of the molecule is CCN1CCC[C@H]1CNCc1nn(C(C)C)nc1-c1ccccc1. The third kappa shape index (κ3) is 3.84. The maximum absolute atomic E-state index is 4.72. The van der Waals surface area contributed by atoms with E-state index in [2.05, 4.69) is 55.3 Å². The molecule has 1 N–H and O–H groups in total. The number of nitrogens with zero attached hydrogens (tertiary/aromatic N) is 4. The van der Waals surface area contributed by atoms with E-state index in [-0.39, 0.29) is 6.04 Å². The van der Waals surface area contributed by atoms with Gasteiger partial charge in [0, 0.05) is 24.7 Å². The second-order valence-electron chi connectivity index (χ2n) is 6.83. The Bertz CT molecular complexity index is 634. The molecule has 0 spiro atoms. The Morgan fingerprint density at radius 1 is 1.21 bits per heavy atom. The van der Waals surface area contributed by atoms with Crippen molar-refractivity contribution >= 4 is 0 Å². The average molecular weight is 327 g/mol. The highest BCUT2D eigenvalue weighted by Crippen LogP contribution is 2.21. The van der Waals surface area contributed by atoms with E-state index in [1.54, 1.807) is 0 Å². The molecular formula is C19H29N5. The second-order valence-corrected chi connectivity index (χ2v) is 6.83. The summed E-state index contributed by atoms with van der Waals surface area (Å²) in [6, 6.07) is 11.3. The summed E-state index contributed by atoms with van der Waals surface area (Å²) >= 11 is 0. The Labute approximate surface area is 145 Å². The quantitative estimate of drug-likeness (QED) is 0.849. The minimum absolute atomic E-state index is 0.270. The lowest BCUT2D eigenvalue weighted by Crippen LogP contribution is -2.37. The highest BCUT2D eigenvalue weighted by atomic mass is 15.5. The van der Waals surface area contributed by atoms with Crippen molar-refractivity contribution in [3.8, 4) is 11.3 Å². The monoisotopic (exact) mass is 327 g/mol. The molecule has 5 heteroatoms. The molecule has 5 nitrogen and oxygen atoms in total. The largest absolute Gasteiger partial charge is 0.309 e. The topological polar surface area (TPSA) is 46.0 Å². The lowest BCUT2D eigenvalue weighted by molar-refractivity contribution is 0.259. The molecule has 0 unspecified atom stereocenters. The van der Waals surface area contributed by atoms with Gasteiger partial charge in [-0.1, -0.05) is 37.3 Å². The number of hydrogen-bond acceptors (Lipinski definition) is 4. The van der Waals surface area contributed by atoms with E-state index >= 15 is 0 Å². The number of likely N-dealkylation sites (N-methyl/N-ethyl adjacent to an activating group) is 1. The van der Waals surface area contributed by atoms with Crippen molar-refractivity contribution in [2.75, 3.05) is 19.6 Å². The van der Waals surface area contributed by atoms with Crippen LogP contribution < -0.4 is 5.32 Å². The van der Waals surface area contributed by atoms with E-state index < -0.39 is 0 Å². The summed E-state index contributed by atoms with van der Waals surface area (Å²) in [5.41, 5.74) is 3.17. The second kappa shape index (κ2) is 7.90. The maximum atomic E-state index is 4.72. The zero-order valence-electron chi connectivity index (χ0n) is 15.1. The molecule has 3 rings (SSSR count). The van der Waals surface area contributed by atoms with Gasteiger partial charge in [-0.2, -0.15) is 15.0 Å². The number of rotatable bonds is 7. The van der Waals surface area contributed by atoms with Crippen LogP contribution in [0.25, 0.3) is 11.3 Å². The van der Waals surface area contributed by atoms with Crippen molar-refractivity contribution in [2.24, 2.45) is 0 Å². The van der Waals surface area contributed by atoms with Crippen molar-refractivity contribution in [3.05, 3.63) is 36.0 Å². The molecule has 130 valence electrons. The summed E-state index contributed by atoms with van der Waals surface area (Å²) in [5, 5.41) is 13.0. The molecule has 2 aromatic rings. The van der Waals surface area contributed by atoms with Crippen LogP contribution in [0.5, 0.6) is 0 Å². The normalized spacial score (nSPS) is 18.6. The van der Waals surface area contributed by atoms with E-state index in [4.69, 9.17) is 10.2 Å². The Morgan fingerprint density at radius 3 is 2.71 bits per heavy atom. The first-order valence-corrected chi connectivity index (χ1v) is 9.15. The highest BCUT2D eigenvalue weighted by Gasteiger charge is 2.22. The van der Waals surface area contributed by atoms with Gasteiger partial charge in [-0.05, 0) is 39.8 Å². The van der Waals surface area contributed by atoms with E-state index in [9.17, 15) is 0 Å². The fraction of sp³-hybridized carbons (Fsp3) is 0.579. The third-order valence-corrected chi connectivity index (χ3v) is 4.79. The Kier molecular flexibility index (Phi) is 5.63. The van der Waals surface area contributed by atoms with Gasteiger partial charge < -0.3 is 5.32 Å². The van der Waals surface area contributed by atoms with Crippen molar-refractivity contribution in [1.29, 1.82) is 0 Å². The molecule has 1 aliphatic heterocycles. The van der Waals surface area contributed by atoms with Crippen LogP contribution in [0.1, 0.15) is 45.3 Å². The number of benzene rings is 1. The van der Waals surface area contributed by atoms with Gasteiger partial charge in [-0.3, -0.25) is 4.90 Å². The first kappa shape index (κ1) is 17.1. The fourth-order valence-electron chi connectivity index (χ4n) is 3.42. The molecule has 2 heterocycles. The van der Waals surface area contributed by atoms with Crippen LogP contribution in [0, 0.1) is 0 Å². The number of hydrogen-bond donors (Lipinski definition) is 1. The fourth-order valence-corrected chi connectivity index (χ4v) is 3.42. The summed E-state index contributed by atoms with van der Waals surface area (Å²) in [5.74, 6) is 0. The van der Waals surface area contributed by atoms with Crippen LogP contribution in [0.15, 0.2) is 30.3 Å². The smallest absolute Gasteiger partial charge is 0.117 e. The summed E-state index contributed by atoms with van der Waals surface area (Å²) in [4.78, 5) is 4.39. The lowest BCUT2D eigenvalue weighted by atomic mass is 10.1. The molecule has 0 radical (unpaired) electrons. The van der Waals surface area contributed by atoms with Crippen LogP contribution >= 0.6 is 0 Å². The number of aromatic nitrogens is 3. The number of likely N-dealkylation sites (tertiary alicyclic amines) is 1. The molecule has 1 aromatic carbocycles. The van der Waals surface area contributed by atoms with Crippen LogP contribution in [0.3, 0.4) is 0 Å². The molecule has 24 heavy (non-hydrogen) atoms. The van der Waals surface area contributed by atoms with Crippen LogP contribution in [0.2, 0.25) is 0 Å². The third-order valence-electron chi connectivity index (χ3n) is 4.79. The van der Waals surface area contributed by atoms with E-state index in [0.717, 1.165) is 36.6 Å². The molecule has 0 bridgehead atoms. The summed E-state index contributed by atoms with van der Waals surface area (Å²) in [7, 11) is 0. The minimum Gasteiger partial charge on any atom is -0.309 e. The summed E-state index contributed by atoms with van der Waals surface area (Å²) < 4.78 is 0. The molecule has 0 saturated carbocycles. The summed E-state index contributed by atoms with van der Waals surface area (Å²) in [6.07, 6.45) is 2.62. The molecule has 0 aliphatic carbocycles. The zero-order valence-corrected chi connectivity index (χ0v) is 15.1. The van der Waals surface area contributed by atoms with Crippen LogP contribution in [0.4, 0.5) is 0 Å². The van der Waals surface area contributed by atoms with Gasteiger partial charge >= 0.3 is 0 Å². The van der Waals surface area contributed by atoms with E-state index in [1.165, 1.54) is 19.4 Å². The first-order valence-electron chi connectivity index (χ1n) is 9.15. The maximum Gasteiger partial charge on any atom is 0.117 e. The first-order chi connectivity index (χ1) is 11.7. The van der Waals surface area contributed by atoms with Crippen molar-refractivity contribution in [2.45, 2.75) is 52.2 Å². The van der Waals surface area contributed by atoms with E-state index in [0.29, 0.717) is 6.04 Å². The molecule has 1 aromatic heterocycles. The Morgan fingerprint density at radius 2 is 2.00 bits per heavy atom. The van der Waals surface area contributed by atoms with Crippen LogP contribution in [-0.4, -0.2) is 45.6 Å². The van der Waals surface area contributed by atoms with Crippen molar-refractivity contribution in [1.82, 2.24) is 25.2 Å². The predicted octanol–water partition coefficient (Wildman–Crippen LogP) is 3.10.